The Kier molecular flexibility index (Phi) is 15.3. The van der Waals surface area contributed by atoms with E-state index in [-0.39, 0.29) is 5.97 Å². The summed E-state index contributed by atoms with van der Waals surface area (Å²) in [6, 6.07) is 0. The highest BCUT2D eigenvalue weighted by atomic mass is 28.4. The fourth-order valence-electron chi connectivity index (χ4n) is 3.34. The van der Waals surface area contributed by atoms with Crippen LogP contribution in [-0.4, -0.2) is 27.5 Å². The third kappa shape index (κ3) is 13.8. The van der Waals surface area contributed by atoms with E-state index in [0.717, 1.165) is 12.8 Å². The minimum Gasteiger partial charge on any atom is -0.469 e. The minimum absolute atomic E-state index is 0.0733. The van der Waals surface area contributed by atoms with E-state index in [2.05, 4.69) is 45.5 Å². The van der Waals surface area contributed by atoms with E-state index in [0.29, 0.717) is 17.6 Å². The van der Waals surface area contributed by atoms with E-state index in [9.17, 15) is 4.79 Å². The molecular weight excluding hydrogens is 364 g/mol. The van der Waals surface area contributed by atoms with Crippen LogP contribution in [0.1, 0.15) is 118 Å². The van der Waals surface area contributed by atoms with Gasteiger partial charge in [-0.3, -0.25) is 4.79 Å². The summed E-state index contributed by atoms with van der Waals surface area (Å²) in [6.45, 7) is 14.0. The van der Waals surface area contributed by atoms with Crippen molar-refractivity contribution in [3.8, 4) is 0 Å². The molecule has 0 aliphatic rings. The molecule has 0 saturated heterocycles. The van der Waals surface area contributed by atoms with Crippen molar-refractivity contribution in [2.45, 2.75) is 142 Å². The van der Waals surface area contributed by atoms with Crippen LogP contribution in [-0.2, 0) is 14.0 Å². The predicted octanol–water partition coefficient (Wildman–Crippen LogP) is 8.03. The number of methoxy groups -OCH3 is 1. The third-order valence-corrected chi connectivity index (χ3v) is 10.8. The van der Waals surface area contributed by atoms with E-state index in [1.54, 1.807) is 0 Å². The molecule has 3 nitrogen and oxygen atoms in total. The van der Waals surface area contributed by atoms with Gasteiger partial charge in [0, 0.05) is 12.5 Å². The quantitative estimate of drug-likeness (QED) is 0.137. The minimum atomic E-state index is -1.64. The van der Waals surface area contributed by atoms with Gasteiger partial charge in [-0.2, -0.15) is 0 Å². The topological polar surface area (TPSA) is 35.5 Å². The number of rotatable bonds is 17. The van der Waals surface area contributed by atoms with Gasteiger partial charge in [0.05, 0.1) is 7.11 Å². The first-order valence-electron chi connectivity index (χ1n) is 11.9. The fraction of sp³-hybridized carbons (Fsp3) is 0.958. The Balaban J connectivity index is 3.70. The van der Waals surface area contributed by atoms with E-state index in [4.69, 9.17) is 4.43 Å². The van der Waals surface area contributed by atoms with Crippen molar-refractivity contribution >= 4 is 14.3 Å². The van der Waals surface area contributed by atoms with E-state index < -0.39 is 8.32 Å². The lowest BCUT2D eigenvalue weighted by Gasteiger charge is -2.39. The molecule has 0 fully saturated rings. The fourth-order valence-corrected chi connectivity index (χ4v) is 4.76. The molecule has 0 radical (unpaired) electrons. The Hall–Kier alpha value is -0.353. The van der Waals surface area contributed by atoms with Gasteiger partial charge in [0.2, 0.25) is 0 Å². The van der Waals surface area contributed by atoms with Crippen LogP contribution in [0.5, 0.6) is 0 Å². The van der Waals surface area contributed by atoms with Gasteiger partial charge >= 0.3 is 5.97 Å². The second kappa shape index (κ2) is 15.5. The lowest BCUT2D eigenvalue weighted by molar-refractivity contribution is -0.140. The highest BCUT2D eigenvalue weighted by Crippen LogP contribution is 2.38. The second-order valence-corrected chi connectivity index (χ2v) is 14.7. The number of carbonyl (C=O) groups excluding carboxylic acids is 1. The van der Waals surface area contributed by atoms with Gasteiger partial charge in [-0.05, 0) is 37.4 Å². The summed E-state index contributed by atoms with van der Waals surface area (Å²) >= 11 is 0. The van der Waals surface area contributed by atoms with Gasteiger partial charge < -0.3 is 9.16 Å². The normalized spacial score (nSPS) is 13.5. The molecule has 0 aliphatic heterocycles. The molecule has 0 aliphatic carbocycles. The van der Waals surface area contributed by atoms with Crippen LogP contribution in [0.4, 0.5) is 0 Å². The molecule has 0 aromatic rings. The number of hydrogen-bond donors (Lipinski definition) is 0. The van der Waals surface area contributed by atoms with Crippen LogP contribution in [0.15, 0.2) is 0 Å². The van der Waals surface area contributed by atoms with E-state index >= 15 is 0 Å². The van der Waals surface area contributed by atoms with E-state index in [1.807, 2.05) is 0 Å². The summed E-state index contributed by atoms with van der Waals surface area (Å²) in [5, 5.41) is 0.304. The number of ether oxygens (including phenoxy) is 1. The SMILES string of the molecule is CCCC(CCCCCCCCCCCCC(=O)OC)O[Si](C)(C)C(C)(C)C. The Labute approximate surface area is 177 Å². The molecule has 1 atom stereocenters. The third-order valence-electron chi connectivity index (χ3n) is 6.26. The molecule has 0 heterocycles. The first-order chi connectivity index (χ1) is 13.1. The summed E-state index contributed by atoms with van der Waals surface area (Å²) in [5.41, 5.74) is 0. The largest absolute Gasteiger partial charge is 0.469 e. The first-order valence-corrected chi connectivity index (χ1v) is 14.8. The Morgan fingerprint density at radius 2 is 1.29 bits per heavy atom. The summed E-state index contributed by atoms with van der Waals surface area (Å²) in [7, 11) is -0.174. The summed E-state index contributed by atoms with van der Waals surface area (Å²) < 4.78 is 11.3. The number of esters is 1. The molecule has 0 saturated carbocycles. The smallest absolute Gasteiger partial charge is 0.305 e. The van der Waals surface area contributed by atoms with Crippen molar-refractivity contribution < 1.29 is 14.0 Å². The molecule has 0 bridgehead atoms. The van der Waals surface area contributed by atoms with Crippen LogP contribution in [0.3, 0.4) is 0 Å². The molecular formula is C24H50O3Si. The van der Waals surface area contributed by atoms with Crippen molar-refractivity contribution in [3.63, 3.8) is 0 Å². The maximum absolute atomic E-state index is 11.0. The predicted molar refractivity (Wildman–Crippen MR) is 124 cm³/mol. The zero-order valence-corrected chi connectivity index (χ0v) is 21.2. The van der Waals surface area contributed by atoms with Crippen LogP contribution in [0.2, 0.25) is 18.1 Å². The average molecular weight is 415 g/mol. The summed E-state index contributed by atoms with van der Waals surface area (Å²) in [5.74, 6) is -0.0733. The maximum Gasteiger partial charge on any atom is 0.305 e. The summed E-state index contributed by atoms with van der Waals surface area (Å²) in [6.07, 6.45) is 17.5. The van der Waals surface area contributed by atoms with Crippen molar-refractivity contribution in [3.05, 3.63) is 0 Å². The highest BCUT2D eigenvalue weighted by Gasteiger charge is 2.38. The number of hydrogen-bond acceptors (Lipinski definition) is 3. The standard InChI is InChI=1S/C24H50O3Si/c1-8-19-22(27-28(6,7)24(2,3)4)20-17-15-13-11-9-10-12-14-16-18-21-23(25)26-5/h22H,8-21H2,1-7H3. The molecule has 0 rings (SSSR count). The lowest BCUT2D eigenvalue weighted by Crippen LogP contribution is -2.43. The summed E-state index contributed by atoms with van der Waals surface area (Å²) in [4.78, 5) is 11.0. The molecule has 1 unspecified atom stereocenters. The van der Waals surface area contributed by atoms with Gasteiger partial charge in [-0.15, -0.1) is 0 Å². The first kappa shape index (κ1) is 27.6. The van der Waals surface area contributed by atoms with Crippen molar-refractivity contribution in [2.24, 2.45) is 0 Å². The number of unbranched alkanes of at least 4 members (excludes halogenated alkanes) is 9. The van der Waals surface area contributed by atoms with Crippen LogP contribution in [0, 0.1) is 0 Å². The van der Waals surface area contributed by atoms with Crippen LogP contribution >= 0.6 is 0 Å². The molecule has 0 aromatic heterocycles. The Morgan fingerprint density at radius 3 is 1.71 bits per heavy atom. The maximum atomic E-state index is 11.0. The average Bonchev–Trinajstić information content (AvgIpc) is 2.61. The van der Waals surface area contributed by atoms with Crippen molar-refractivity contribution in [1.29, 1.82) is 0 Å². The van der Waals surface area contributed by atoms with Gasteiger partial charge in [0.15, 0.2) is 8.32 Å². The molecule has 0 spiro atoms. The lowest BCUT2D eigenvalue weighted by atomic mass is 10.0. The zero-order valence-electron chi connectivity index (χ0n) is 20.2. The van der Waals surface area contributed by atoms with Crippen LogP contribution < -0.4 is 0 Å². The van der Waals surface area contributed by atoms with Crippen LogP contribution in [0.25, 0.3) is 0 Å². The monoisotopic (exact) mass is 414 g/mol. The van der Waals surface area contributed by atoms with Gasteiger partial charge in [0.25, 0.3) is 0 Å². The van der Waals surface area contributed by atoms with E-state index in [1.165, 1.54) is 77.7 Å². The zero-order chi connectivity index (χ0) is 21.5. The Bertz CT molecular complexity index is 388. The molecule has 0 amide bonds. The Morgan fingerprint density at radius 1 is 0.821 bits per heavy atom. The molecule has 168 valence electrons. The van der Waals surface area contributed by atoms with Gasteiger partial charge in [0.1, 0.15) is 0 Å². The molecule has 0 N–H and O–H groups in total. The highest BCUT2D eigenvalue weighted by molar-refractivity contribution is 6.74. The van der Waals surface area contributed by atoms with Gasteiger partial charge in [-0.25, -0.2) is 0 Å². The van der Waals surface area contributed by atoms with Crippen molar-refractivity contribution in [1.82, 2.24) is 0 Å². The molecule has 4 heteroatoms. The molecule has 28 heavy (non-hydrogen) atoms. The molecule has 0 aromatic carbocycles. The second-order valence-electron chi connectivity index (χ2n) is 9.94. The van der Waals surface area contributed by atoms with Gasteiger partial charge in [-0.1, -0.05) is 91.9 Å². The van der Waals surface area contributed by atoms with Crippen molar-refractivity contribution in [2.75, 3.05) is 7.11 Å². The number of carbonyl (C=O) groups is 1.